The van der Waals surface area contributed by atoms with Crippen molar-refractivity contribution < 1.29 is 14.3 Å². The van der Waals surface area contributed by atoms with Gasteiger partial charge < -0.3 is 4.74 Å². The van der Waals surface area contributed by atoms with E-state index < -0.39 is 5.97 Å². The number of ketones is 1. The standard InChI is InChI=1S/C21H28O3/c1-4-6-11-18(5-2)16-24-21(23)20(17(3)22)15-10-14-19-12-8-7-9-13-19/h7-10,12-15,18H,4-6,11,16H2,1-3H3. The summed E-state index contributed by atoms with van der Waals surface area (Å²) >= 11 is 0. The number of allylic oxidation sites excluding steroid dienone is 2. The minimum atomic E-state index is -0.532. The van der Waals surface area contributed by atoms with Crippen molar-refractivity contribution in [2.24, 2.45) is 5.92 Å². The van der Waals surface area contributed by atoms with Crippen molar-refractivity contribution in [2.75, 3.05) is 6.61 Å². The third-order valence-corrected chi connectivity index (χ3v) is 3.94. The molecular formula is C21H28O3. The highest BCUT2D eigenvalue weighted by molar-refractivity contribution is 6.16. The van der Waals surface area contributed by atoms with Gasteiger partial charge in [-0.3, -0.25) is 4.79 Å². The molecule has 0 radical (unpaired) electrons. The first-order valence-corrected chi connectivity index (χ1v) is 8.69. The van der Waals surface area contributed by atoms with Gasteiger partial charge in [0.15, 0.2) is 5.78 Å². The van der Waals surface area contributed by atoms with Crippen molar-refractivity contribution in [2.45, 2.75) is 46.5 Å². The molecule has 0 aliphatic rings. The van der Waals surface area contributed by atoms with Gasteiger partial charge in [-0.15, -0.1) is 0 Å². The summed E-state index contributed by atoms with van der Waals surface area (Å²) in [5, 5.41) is 0. The quantitative estimate of drug-likeness (QED) is 0.200. The van der Waals surface area contributed by atoms with Gasteiger partial charge in [-0.05, 0) is 30.9 Å². The Hall–Kier alpha value is -2.16. The molecule has 0 amide bonds. The van der Waals surface area contributed by atoms with Gasteiger partial charge in [-0.25, -0.2) is 4.79 Å². The lowest BCUT2D eigenvalue weighted by Crippen LogP contribution is -2.18. The summed E-state index contributed by atoms with van der Waals surface area (Å²) in [6.07, 6.45) is 9.38. The van der Waals surface area contributed by atoms with Crippen LogP contribution < -0.4 is 0 Å². The lowest BCUT2D eigenvalue weighted by Gasteiger charge is -2.14. The predicted molar refractivity (Wildman–Crippen MR) is 98.5 cm³/mol. The van der Waals surface area contributed by atoms with Gasteiger partial charge >= 0.3 is 5.97 Å². The highest BCUT2D eigenvalue weighted by Crippen LogP contribution is 2.14. The van der Waals surface area contributed by atoms with Crippen LogP contribution in [0.2, 0.25) is 0 Å². The van der Waals surface area contributed by atoms with E-state index in [4.69, 9.17) is 4.74 Å². The van der Waals surface area contributed by atoms with E-state index in [2.05, 4.69) is 13.8 Å². The van der Waals surface area contributed by atoms with Crippen LogP contribution in [0, 0.1) is 5.92 Å². The molecule has 0 aliphatic heterocycles. The van der Waals surface area contributed by atoms with Crippen LogP contribution in [0.1, 0.15) is 52.0 Å². The molecule has 0 saturated carbocycles. The second-order valence-electron chi connectivity index (χ2n) is 5.92. The fraction of sp³-hybridized carbons (Fsp3) is 0.429. The number of hydrogen-bond acceptors (Lipinski definition) is 3. The van der Waals surface area contributed by atoms with E-state index in [-0.39, 0.29) is 11.4 Å². The molecule has 0 bridgehead atoms. The number of benzene rings is 1. The summed E-state index contributed by atoms with van der Waals surface area (Å²) in [6.45, 7) is 6.01. The first-order chi connectivity index (χ1) is 11.6. The Morgan fingerprint density at radius 2 is 1.88 bits per heavy atom. The topological polar surface area (TPSA) is 43.4 Å². The average molecular weight is 328 g/mol. The van der Waals surface area contributed by atoms with E-state index in [1.54, 1.807) is 6.08 Å². The second kappa shape index (κ2) is 11.4. The summed E-state index contributed by atoms with van der Waals surface area (Å²) in [6, 6.07) is 9.72. The van der Waals surface area contributed by atoms with Gasteiger partial charge in [0.1, 0.15) is 5.57 Å². The molecule has 0 fully saturated rings. The summed E-state index contributed by atoms with van der Waals surface area (Å²) in [5.74, 6) is -0.448. The number of carbonyl (C=O) groups excluding carboxylic acids is 2. The number of rotatable bonds is 10. The van der Waals surface area contributed by atoms with Gasteiger partial charge in [0.25, 0.3) is 0 Å². The Kier molecular flexibility index (Phi) is 9.44. The molecular weight excluding hydrogens is 300 g/mol. The summed E-state index contributed by atoms with van der Waals surface area (Å²) in [4.78, 5) is 23.9. The highest BCUT2D eigenvalue weighted by atomic mass is 16.5. The number of carbonyl (C=O) groups is 2. The maximum Gasteiger partial charge on any atom is 0.341 e. The minimum absolute atomic E-state index is 0.0903. The molecule has 0 saturated heterocycles. The van der Waals surface area contributed by atoms with Crippen LogP contribution in [0.4, 0.5) is 0 Å². The third kappa shape index (κ3) is 7.40. The fourth-order valence-corrected chi connectivity index (χ4v) is 2.32. The Balaban J connectivity index is 2.66. The van der Waals surface area contributed by atoms with Crippen LogP contribution in [0.15, 0.2) is 48.1 Å². The summed E-state index contributed by atoms with van der Waals surface area (Å²) in [7, 11) is 0. The van der Waals surface area contributed by atoms with E-state index >= 15 is 0 Å². The van der Waals surface area contributed by atoms with Gasteiger partial charge in [0.2, 0.25) is 0 Å². The zero-order valence-electron chi connectivity index (χ0n) is 15.0. The molecule has 1 unspecified atom stereocenters. The van der Waals surface area contributed by atoms with Crippen molar-refractivity contribution in [3.05, 3.63) is 53.6 Å². The van der Waals surface area contributed by atoms with Crippen LogP contribution in [0.5, 0.6) is 0 Å². The first kappa shape index (κ1) is 19.9. The molecule has 130 valence electrons. The van der Waals surface area contributed by atoms with Gasteiger partial charge in [0, 0.05) is 0 Å². The Bertz CT molecular complexity index is 570. The van der Waals surface area contributed by atoms with Gasteiger partial charge in [-0.1, -0.05) is 75.6 Å². The number of ether oxygens (including phenoxy) is 1. The maximum atomic E-state index is 12.2. The molecule has 1 aromatic rings. The number of hydrogen-bond donors (Lipinski definition) is 0. The van der Waals surface area contributed by atoms with Crippen molar-refractivity contribution in [3.63, 3.8) is 0 Å². The smallest absolute Gasteiger partial charge is 0.341 e. The molecule has 24 heavy (non-hydrogen) atoms. The Morgan fingerprint density at radius 3 is 2.46 bits per heavy atom. The van der Waals surface area contributed by atoms with Crippen molar-refractivity contribution in [1.29, 1.82) is 0 Å². The van der Waals surface area contributed by atoms with Crippen LogP contribution in [0.25, 0.3) is 6.08 Å². The Labute approximate surface area is 145 Å². The van der Waals surface area contributed by atoms with Gasteiger partial charge in [0.05, 0.1) is 6.61 Å². The van der Waals surface area contributed by atoms with E-state index in [9.17, 15) is 9.59 Å². The first-order valence-electron chi connectivity index (χ1n) is 8.69. The van der Waals surface area contributed by atoms with Crippen LogP contribution >= 0.6 is 0 Å². The van der Waals surface area contributed by atoms with E-state index in [0.29, 0.717) is 12.5 Å². The third-order valence-electron chi connectivity index (χ3n) is 3.94. The number of unbranched alkanes of at least 4 members (excludes halogenated alkanes) is 1. The largest absolute Gasteiger partial charge is 0.462 e. The molecule has 0 heterocycles. The number of Topliss-reactive ketones (excluding diaryl/α,β-unsaturated/α-hetero) is 1. The lowest BCUT2D eigenvalue weighted by molar-refractivity contribution is -0.141. The molecule has 3 nitrogen and oxygen atoms in total. The normalized spacial score (nSPS) is 13.0. The average Bonchev–Trinajstić information content (AvgIpc) is 2.59. The maximum absolute atomic E-state index is 12.2. The minimum Gasteiger partial charge on any atom is -0.462 e. The van der Waals surface area contributed by atoms with Gasteiger partial charge in [-0.2, -0.15) is 0 Å². The van der Waals surface area contributed by atoms with E-state index in [0.717, 1.165) is 31.2 Å². The SMILES string of the molecule is CCCCC(CC)COC(=O)C(=CC=Cc1ccccc1)C(C)=O. The molecule has 0 spiro atoms. The molecule has 1 rings (SSSR count). The van der Waals surface area contributed by atoms with E-state index in [1.165, 1.54) is 13.0 Å². The fourth-order valence-electron chi connectivity index (χ4n) is 2.32. The van der Waals surface area contributed by atoms with Crippen LogP contribution in [0.3, 0.4) is 0 Å². The molecule has 0 aromatic heterocycles. The lowest BCUT2D eigenvalue weighted by atomic mass is 10.0. The zero-order valence-corrected chi connectivity index (χ0v) is 15.0. The molecule has 0 aliphatic carbocycles. The predicted octanol–water partition coefficient (Wildman–Crippen LogP) is 4.97. The highest BCUT2D eigenvalue weighted by Gasteiger charge is 2.17. The van der Waals surface area contributed by atoms with Crippen molar-refractivity contribution >= 4 is 17.8 Å². The Morgan fingerprint density at radius 1 is 1.17 bits per heavy atom. The van der Waals surface area contributed by atoms with Crippen molar-refractivity contribution in [1.82, 2.24) is 0 Å². The van der Waals surface area contributed by atoms with E-state index in [1.807, 2.05) is 36.4 Å². The molecule has 1 aromatic carbocycles. The molecule has 1 atom stereocenters. The van der Waals surface area contributed by atoms with Crippen LogP contribution in [-0.2, 0) is 14.3 Å². The summed E-state index contributed by atoms with van der Waals surface area (Å²) in [5.41, 5.74) is 1.10. The zero-order chi connectivity index (χ0) is 17.8. The summed E-state index contributed by atoms with van der Waals surface area (Å²) < 4.78 is 5.36. The molecule has 0 N–H and O–H groups in total. The monoisotopic (exact) mass is 328 g/mol. The second-order valence-corrected chi connectivity index (χ2v) is 5.92. The van der Waals surface area contributed by atoms with Crippen LogP contribution in [-0.4, -0.2) is 18.4 Å². The van der Waals surface area contributed by atoms with Crippen molar-refractivity contribution in [3.8, 4) is 0 Å². The molecule has 3 heteroatoms. The number of esters is 1.